The molecular formula is C11H13BrClN3O. The molecule has 1 N–H and O–H groups in total. The third kappa shape index (κ3) is 2.41. The summed E-state index contributed by atoms with van der Waals surface area (Å²) in [5.74, 6) is 0. The van der Waals surface area contributed by atoms with Gasteiger partial charge in [0.15, 0.2) is 4.67 Å². The van der Waals surface area contributed by atoms with Crippen LogP contribution in [-0.4, -0.2) is 16.3 Å². The van der Waals surface area contributed by atoms with Gasteiger partial charge in [0, 0.05) is 12.6 Å². The lowest BCUT2D eigenvalue weighted by molar-refractivity contribution is 0.518. The van der Waals surface area contributed by atoms with E-state index < -0.39 is 0 Å². The molecule has 0 bridgehead atoms. The molecule has 92 valence electrons. The average molecular weight is 319 g/mol. The number of aryl methyl sites for hydroxylation is 1. The summed E-state index contributed by atoms with van der Waals surface area (Å²) in [6.07, 6.45) is 3.29. The van der Waals surface area contributed by atoms with Crippen molar-refractivity contribution < 1.29 is 4.42 Å². The zero-order valence-corrected chi connectivity index (χ0v) is 11.9. The number of hydrogen-bond donors (Lipinski definition) is 1. The number of hydrogen-bond acceptors (Lipinski definition) is 3. The fourth-order valence-electron chi connectivity index (χ4n) is 1.81. The van der Waals surface area contributed by atoms with E-state index in [1.165, 1.54) is 0 Å². The van der Waals surface area contributed by atoms with E-state index in [0.29, 0.717) is 9.69 Å². The highest BCUT2D eigenvalue weighted by Gasteiger charge is 2.23. The van der Waals surface area contributed by atoms with E-state index in [0.717, 1.165) is 17.8 Å². The standard InChI is InChI=1S/C11H13BrClN3O/c1-3-14-9(7-4-5-17-11(7)12)10-8(13)6-15-16(10)2/h4-6,9,14H,3H2,1-2H3. The van der Waals surface area contributed by atoms with Gasteiger partial charge in [-0.15, -0.1) is 0 Å². The van der Waals surface area contributed by atoms with Crippen molar-refractivity contribution in [2.45, 2.75) is 13.0 Å². The first kappa shape index (κ1) is 12.7. The van der Waals surface area contributed by atoms with Crippen LogP contribution in [0.3, 0.4) is 0 Å². The minimum absolute atomic E-state index is 0.0341. The Morgan fingerprint density at radius 1 is 1.65 bits per heavy atom. The molecule has 0 aliphatic heterocycles. The second kappa shape index (κ2) is 5.25. The molecule has 0 spiro atoms. The Kier molecular flexibility index (Phi) is 3.91. The van der Waals surface area contributed by atoms with Gasteiger partial charge >= 0.3 is 0 Å². The topological polar surface area (TPSA) is 43.0 Å². The first-order chi connectivity index (χ1) is 8.15. The Morgan fingerprint density at radius 2 is 2.41 bits per heavy atom. The van der Waals surface area contributed by atoms with Gasteiger partial charge in [0.25, 0.3) is 0 Å². The van der Waals surface area contributed by atoms with Crippen LogP contribution in [0.5, 0.6) is 0 Å². The van der Waals surface area contributed by atoms with Crippen molar-refractivity contribution in [1.82, 2.24) is 15.1 Å². The molecule has 6 heteroatoms. The SMILES string of the molecule is CCNC(c1ccoc1Br)c1c(Cl)cnn1C. The van der Waals surface area contributed by atoms with E-state index in [-0.39, 0.29) is 6.04 Å². The van der Waals surface area contributed by atoms with Crippen molar-refractivity contribution in [3.63, 3.8) is 0 Å². The highest BCUT2D eigenvalue weighted by atomic mass is 79.9. The van der Waals surface area contributed by atoms with E-state index in [1.54, 1.807) is 17.1 Å². The van der Waals surface area contributed by atoms with Crippen molar-refractivity contribution in [2.75, 3.05) is 6.54 Å². The fourth-order valence-corrected chi connectivity index (χ4v) is 2.56. The highest BCUT2D eigenvalue weighted by molar-refractivity contribution is 9.10. The molecule has 2 aromatic rings. The third-order valence-corrected chi connectivity index (χ3v) is 3.51. The van der Waals surface area contributed by atoms with Crippen LogP contribution < -0.4 is 5.32 Å². The Labute approximate surface area is 113 Å². The Hall–Kier alpha value is -0.780. The fraction of sp³-hybridized carbons (Fsp3) is 0.364. The molecule has 1 unspecified atom stereocenters. The smallest absolute Gasteiger partial charge is 0.174 e. The van der Waals surface area contributed by atoms with Crippen LogP contribution >= 0.6 is 27.5 Å². The predicted molar refractivity (Wildman–Crippen MR) is 70.1 cm³/mol. The van der Waals surface area contributed by atoms with Crippen LogP contribution in [0.1, 0.15) is 24.2 Å². The quantitative estimate of drug-likeness (QED) is 0.942. The lowest BCUT2D eigenvalue weighted by Gasteiger charge is -2.17. The van der Waals surface area contributed by atoms with E-state index in [9.17, 15) is 0 Å². The van der Waals surface area contributed by atoms with Gasteiger partial charge in [-0.1, -0.05) is 18.5 Å². The van der Waals surface area contributed by atoms with E-state index >= 15 is 0 Å². The summed E-state index contributed by atoms with van der Waals surface area (Å²) >= 11 is 9.57. The third-order valence-electron chi connectivity index (χ3n) is 2.58. The number of nitrogens with zero attached hydrogens (tertiary/aromatic N) is 2. The summed E-state index contributed by atoms with van der Waals surface area (Å²) < 4.78 is 7.76. The largest absolute Gasteiger partial charge is 0.457 e. The molecule has 0 aromatic carbocycles. The van der Waals surface area contributed by atoms with Crippen molar-refractivity contribution >= 4 is 27.5 Å². The molecule has 2 rings (SSSR count). The maximum atomic E-state index is 6.18. The molecule has 0 amide bonds. The molecule has 0 fully saturated rings. The number of rotatable bonds is 4. The van der Waals surface area contributed by atoms with Crippen LogP contribution in [0, 0.1) is 0 Å². The molecule has 0 saturated heterocycles. The van der Waals surface area contributed by atoms with Gasteiger partial charge in [-0.25, -0.2) is 0 Å². The van der Waals surface area contributed by atoms with Crippen LogP contribution in [0.2, 0.25) is 5.02 Å². The molecule has 0 radical (unpaired) electrons. The van der Waals surface area contributed by atoms with Crippen LogP contribution in [0.25, 0.3) is 0 Å². The lowest BCUT2D eigenvalue weighted by atomic mass is 10.1. The Balaban J connectivity index is 2.46. The number of furan rings is 1. The summed E-state index contributed by atoms with van der Waals surface area (Å²) in [6.45, 7) is 2.87. The summed E-state index contributed by atoms with van der Waals surface area (Å²) in [4.78, 5) is 0. The average Bonchev–Trinajstić information content (AvgIpc) is 2.84. The van der Waals surface area contributed by atoms with Crippen LogP contribution in [-0.2, 0) is 7.05 Å². The molecule has 2 heterocycles. The van der Waals surface area contributed by atoms with Crippen molar-refractivity contribution in [1.29, 1.82) is 0 Å². The van der Waals surface area contributed by atoms with E-state index in [4.69, 9.17) is 16.0 Å². The minimum atomic E-state index is -0.0341. The number of nitrogens with one attached hydrogen (secondary N) is 1. The van der Waals surface area contributed by atoms with E-state index in [2.05, 4.69) is 26.3 Å². The summed E-state index contributed by atoms with van der Waals surface area (Å²) in [5, 5.41) is 8.18. The summed E-state index contributed by atoms with van der Waals surface area (Å²) in [6, 6.07) is 1.88. The molecule has 17 heavy (non-hydrogen) atoms. The summed E-state index contributed by atoms with van der Waals surface area (Å²) in [5.41, 5.74) is 1.94. The first-order valence-electron chi connectivity index (χ1n) is 5.28. The maximum Gasteiger partial charge on any atom is 0.174 e. The number of halogens is 2. The van der Waals surface area contributed by atoms with Gasteiger partial charge in [0.05, 0.1) is 29.2 Å². The lowest BCUT2D eigenvalue weighted by Crippen LogP contribution is -2.24. The monoisotopic (exact) mass is 317 g/mol. The molecule has 0 aliphatic rings. The summed E-state index contributed by atoms with van der Waals surface area (Å²) in [7, 11) is 1.87. The second-order valence-electron chi connectivity index (χ2n) is 3.64. The van der Waals surface area contributed by atoms with Gasteiger partial charge in [-0.2, -0.15) is 5.10 Å². The first-order valence-corrected chi connectivity index (χ1v) is 6.46. The second-order valence-corrected chi connectivity index (χ2v) is 4.77. The minimum Gasteiger partial charge on any atom is -0.457 e. The van der Waals surface area contributed by atoms with Crippen LogP contribution in [0.15, 0.2) is 27.6 Å². The maximum absolute atomic E-state index is 6.18. The Bertz CT molecular complexity index is 489. The zero-order chi connectivity index (χ0) is 12.4. The highest BCUT2D eigenvalue weighted by Crippen LogP contribution is 2.32. The van der Waals surface area contributed by atoms with Crippen molar-refractivity contribution in [2.24, 2.45) is 7.05 Å². The molecule has 4 nitrogen and oxygen atoms in total. The van der Waals surface area contributed by atoms with Gasteiger partial charge in [-0.05, 0) is 28.5 Å². The normalized spacial score (nSPS) is 12.9. The molecule has 0 aliphatic carbocycles. The van der Waals surface area contributed by atoms with E-state index in [1.807, 2.05) is 20.0 Å². The van der Waals surface area contributed by atoms with Crippen molar-refractivity contribution in [3.8, 4) is 0 Å². The van der Waals surface area contributed by atoms with Gasteiger partial charge in [0.2, 0.25) is 0 Å². The van der Waals surface area contributed by atoms with Gasteiger partial charge in [-0.3, -0.25) is 4.68 Å². The predicted octanol–water partition coefficient (Wildman–Crippen LogP) is 3.13. The Morgan fingerprint density at radius 3 is 2.88 bits per heavy atom. The van der Waals surface area contributed by atoms with Gasteiger partial charge in [0.1, 0.15) is 0 Å². The van der Waals surface area contributed by atoms with Crippen molar-refractivity contribution in [3.05, 3.63) is 39.5 Å². The van der Waals surface area contributed by atoms with Gasteiger partial charge < -0.3 is 9.73 Å². The molecule has 2 aromatic heterocycles. The zero-order valence-electron chi connectivity index (χ0n) is 9.58. The molecule has 0 saturated carbocycles. The van der Waals surface area contributed by atoms with Crippen LogP contribution in [0.4, 0.5) is 0 Å². The molecule has 1 atom stereocenters. The molecular weight excluding hydrogens is 305 g/mol. The number of aromatic nitrogens is 2.